The van der Waals surface area contributed by atoms with Gasteiger partial charge < -0.3 is 5.11 Å². The fourth-order valence-corrected chi connectivity index (χ4v) is 3.95. The lowest BCUT2D eigenvalue weighted by Gasteiger charge is -2.10. The number of amides is 1. The number of thiazole rings is 1. The molecule has 146 valence electrons. The van der Waals surface area contributed by atoms with Crippen molar-refractivity contribution in [3.8, 4) is 11.4 Å². The maximum atomic E-state index is 12.5. The predicted molar refractivity (Wildman–Crippen MR) is 115 cm³/mol. The van der Waals surface area contributed by atoms with Gasteiger partial charge in [0.25, 0.3) is 5.91 Å². The third-order valence-electron chi connectivity index (χ3n) is 4.42. The normalized spacial score (nSPS) is 12.1. The van der Waals surface area contributed by atoms with Gasteiger partial charge in [-0.05, 0) is 36.8 Å². The number of hydrogen-bond acceptors (Lipinski definition) is 6. The molecule has 1 unspecified atom stereocenters. The van der Waals surface area contributed by atoms with Gasteiger partial charge in [0.1, 0.15) is 5.69 Å². The molecule has 3 aromatic heterocycles. The van der Waals surface area contributed by atoms with E-state index in [1.54, 1.807) is 24.4 Å². The smallest absolute Gasteiger partial charge is 0.259 e. The Bertz CT molecular complexity index is 1140. The van der Waals surface area contributed by atoms with Gasteiger partial charge in [-0.1, -0.05) is 42.0 Å². The van der Waals surface area contributed by atoms with Gasteiger partial charge in [-0.15, -0.1) is 0 Å². The lowest BCUT2D eigenvalue weighted by molar-refractivity contribution is 0.102. The van der Waals surface area contributed by atoms with Crippen LogP contribution in [0.15, 0.2) is 54.9 Å². The number of nitrogens with one attached hydrogen (secondary N) is 1. The highest BCUT2D eigenvalue weighted by atomic mass is 35.5. The van der Waals surface area contributed by atoms with Crippen LogP contribution < -0.4 is 5.32 Å². The number of aliphatic hydroxyl groups excluding tert-OH is 1. The zero-order chi connectivity index (χ0) is 20.4. The van der Waals surface area contributed by atoms with E-state index in [1.807, 2.05) is 31.2 Å². The minimum absolute atomic E-state index is 0.288. The molecule has 29 heavy (non-hydrogen) atoms. The van der Waals surface area contributed by atoms with Crippen molar-refractivity contribution in [1.82, 2.24) is 15.0 Å². The topological polar surface area (TPSA) is 88.0 Å². The number of fused-ring (bicyclic) bond motifs is 1. The van der Waals surface area contributed by atoms with E-state index in [1.165, 1.54) is 17.5 Å². The van der Waals surface area contributed by atoms with E-state index in [9.17, 15) is 9.90 Å². The maximum absolute atomic E-state index is 12.5. The Balaban J connectivity index is 1.52. The second kappa shape index (κ2) is 8.24. The van der Waals surface area contributed by atoms with Gasteiger partial charge in [-0.25, -0.2) is 4.98 Å². The number of benzene rings is 1. The van der Waals surface area contributed by atoms with Crippen LogP contribution in [0, 0.1) is 0 Å². The number of hydrogen-bond donors (Lipinski definition) is 2. The first-order chi connectivity index (χ1) is 14.0. The molecule has 1 atom stereocenters. The van der Waals surface area contributed by atoms with Crippen LogP contribution >= 0.6 is 22.9 Å². The summed E-state index contributed by atoms with van der Waals surface area (Å²) in [5.41, 5.74) is 2.95. The SMILES string of the molecule is CCC(O)c1cnc(-c2ccc(C(=O)Nc3nc4ccccc4s3)cn2)c(Cl)c1. The number of pyridine rings is 2. The number of carbonyl (C=O) groups excluding carboxylic acids is 1. The second-order valence-electron chi connectivity index (χ2n) is 6.40. The molecule has 4 rings (SSSR count). The first-order valence-corrected chi connectivity index (χ1v) is 10.2. The average Bonchev–Trinajstić information content (AvgIpc) is 3.15. The zero-order valence-electron chi connectivity index (χ0n) is 15.5. The third-order valence-corrected chi connectivity index (χ3v) is 5.66. The quantitative estimate of drug-likeness (QED) is 0.465. The van der Waals surface area contributed by atoms with Gasteiger partial charge in [0.05, 0.1) is 32.6 Å². The van der Waals surface area contributed by atoms with E-state index in [0.29, 0.717) is 39.1 Å². The largest absolute Gasteiger partial charge is 0.388 e. The molecule has 0 saturated heterocycles. The Labute approximate surface area is 176 Å². The Kier molecular flexibility index (Phi) is 5.53. The molecule has 0 aliphatic rings. The molecule has 0 radical (unpaired) electrons. The van der Waals surface area contributed by atoms with Crippen LogP contribution in [-0.4, -0.2) is 26.0 Å². The van der Waals surface area contributed by atoms with Crippen molar-refractivity contribution in [3.63, 3.8) is 0 Å². The molecule has 1 aromatic carbocycles. The summed E-state index contributed by atoms with van der Waals surface area (Å²) in [5, 5.41) is 13.7. The molecule has 4 aromatic rings. The summed E-state index contributed by atoms with van der Waals surface area (Å²) in [6.45, 7) is 1.88. The van der Waals surface area contributed by atoms with Crippen LogP contribution in [0.1, 0.15) is 35.4 Å². The van der Waals surface area contributed by atoms with E-state index in [-0.39, 0.29) is 5.91 Å². The average molecular weight is 425 g/mol. The minimum atomic E-state index is -0.601. The highest BCUT2D eigenvalue weighted by Crippen LogP contribution is 2.28. The highest BCUT2D eigenvalue weighted by Gasteiger charge is 2.14. The first-order valence-electron chi connectivity index (χ1n) is 9.02. The van der Waals surface area contributed by atoms with Gasteiger partial charge in [0.15, 0.2) is 5.13 Å². The Hall–Kier alpha value is -2.87. The fraction of sp³-hybridized carbons (Fsp3) is 0.143. The van der Waals surface area contributed by atoms with Gasteiger partial charge >= 0.3 is 0 Å². The van der Waals surface area contributed by atoms with Crippen LogP contribution in [-0.2, 0) is 0 Å². The summed E-state index contributed by atoms with van der Waals surface area (Å²) in [6, 6.07) is 12.7. The van der Waals surface area contributed by atoms with Gasteiger partial charge in [0, 0.05) is 18.0 Å². The van der Waals surface area contributed by atoms with Crippen LogP contribution in [0.3, 0.4) is 0 Å². The molecule has 0 saturated carbocycles. The Morgan fingerprint density at radius 2 is 2.03 bits per heavy atom. The molecule has 0 fully saturated rings. The molecular formula is C21H17ClN4O2S. The lowest BCUT2D eigenvalue weighted by atomic mass is 10.1. The summed E-state index contributed by atoms with van der Waals surface area (Å²) in [6.07, 6.45) is 3.04. The summed E-state index contributed by atoms with van der Waals surface area (Å²) in [4.78, 5) is 25.6. The van der Waals surface area contributed by atoms with Crippen molar-refractivity contribution in [2.45, 2.75) is 19.4 Å². The molecule has 3 heterocycles. The zero-order valence-corrected chi connectivity index (χ0v) is 17.0. The number of anilines is 1. The van der Waals surface area contributed by atoms with Crippen LogP contribution in [0.2, 0.25) is 5.02 Å². The molecule has 0 aliphatic heterocycles. The minimum Gasteiger partial charge on any atom is -0.388 e. The summed E-state index contributed by atoms with van der Waals surface area (Å²) in [5.74, 6) is -0.288. The van der Waals surface area contributed by atoms with E-state index in [4.69, 9.17) is 11.6 Å². The van der Waals surface area contributed by atoms with Crippen molar-refractivity contribution in [3.05, 3.63) is 71.0 Å². The van der Waals surface area contributed by atoms with Crippen molar-refractivity contribution in [2.75, 3.05) is 5.32 Å². The standard InChI is InChI=1S/C21H17ClN4O2S/c1-2-17(27)13-9-14(22)19(24-11-13)16-8-7-12(10-23-16)20(28)26-21-25-15-5-3-4-6-18(15)29-21/h3-11,17,27H,2H2,1H3,(H,25,26,28). The lowest BCUT2D eigenvalue weighted by Crippen LogP contribution is -2.12. The van der Waals surface area contributed by atoms with Crippen molar-refractivity contribution < 1.29 is 9.90 Å². The third kappa shape index (κ3) is 4.12. The molecule has 0 bridgehead atoms. The molecule has 2 N–H and O–H groups in total. The van der Waals surface area contributed by atoms with Crippen molar-refractivity contribution in [1.29, 1.82) is 0 Å². The molecular weight excluding hydrogens is 408 g/mol. The first kappa shape index (κ1) is 19.4. The fourth-order valence-electron chi connectivity index (χ4n) is 2.82. The maximum Gasteiger partial charge on any atom is 0.259 e. The number of carbonyl (C=O) groups is 1. The van der Waals surface area contributed by atoms with Crippen molar-refractivity contribution >= 4 is 44.2 Å². The predicted octanol–water partition coefficient (Wildman–Crippen LogP) is 5.10. The van der Waals surface area contributed by atoms with E-state index < -0.39 is 6.10 Å². The van der Waals surface area contributed by atoms with Crippen LogP contribution in [0.25, 0.3) is 21.6 Å². The molecule has 0 aliphatic carbocycles. The number of nitrogens with zero attached hydrogens (tertiary/aromatic N) is 3. The van der Waals surface area contributed by atoms with Crippen LogP contribution in [0.5, 0.6) is 0 Å². The summed E-state index contributed by atoms with van der Waals surface area (Å²) in [7, 11) is 0. The van der Waals surface area contributed by atoms with Gasteiger partial charge in [-0.2, -0.15) is 0 Å². The van der Waals surface area contributed by atoms with Crippen LogP contribution in [0.4, 0.5) is 5.13 Å². The number of rotatable bonds is 5. The molecule has 6 nitrogen and oxygen atoms in total. The molecule has 8 heteroatoms. The number of aromatic nitrogens is 3. The number of para-hydroxylation sites is 1. The number of aliphatic hydroxyl groups is 1. The van der Waals surface area contributed by atoms with Gasteiger partial charge in [-0.3, -0.25) is 20.1 Å². The van der Waals surface area contributed by atoms with E-state index in [0.717, 1.165) is 10.2 Å². The number of halogens is 1. The Morgan fingerprint density at radius 1 is 1.21 bits per heavy atom. The van der Waals surface area contributed by atoms with Gasteiger partial charge in [0.2, 0.25) is 0 Å². The van der Waals surface area contributed by atoms with E-state index >= 15 is 0 Å². The monoisotopic (exact) mass is 424 g/mol. The summed E-state index contributed by atoms with van der Waals surface area (Å²) < 4.78 is 1.01. The Morgan fingerprint density at radius 3 is 2.72 bits per heavy atom. The highest BCUT2D eigenvalue weighted by molar-refractivity contribution is 7.22. The molecule has 1 amide bonds. The van der Waals surface area contributed by atoms with E-state index in [2.05, 4.69) is 20.3 Å². The van der Waals surface area contributed by atoms with Crippen molar-refractivity contribution in [2.24, 2.45) is 0 Å². The second-order valence-corrected chi connectivity index (χ2v) is 7.83. The molecule has 0 spiro atoms. The summed E-state index contributed by atoms with van der Waals surface area (Å²) >= 11 is 7.73.